The molecule has 0 amide bonds. The number of likely N-dealkylation sites (N-methyl/N-ethyl adjacent to an activating group) is 1. The van der Waals surface area contributed by atoms with Gasteiger partial charge < -0.3 is 4.90 Å². The van der Waals surface area contributed by atoms with Gasteiger partial charge in [-0.2, -0.15) is 0 Å². The summed E-state index contributed by atoms with van der Waals surface area (Å²) in [5.41, 5.74) is 1.23. The van der Waals surface area contributed by atoms with Crippen molar-refractivity contribution >= 4 is 27.2 Å². The number of benzene rings is 2. The van der Waals surface area contributed by atoms with Gasteiger partial charge in [0.25, 0.3) is 0 Å². The topological polar surface area (TPSA) is 3.24 Å². The Morgan fingerprint density at radius 2 is 1.56 bits per heavy atom. The van der Waals surface area contributed by atoms with Gasteiger partial charge in [-0.05, 0) is 30.7 Å². The largest absolute Gasteiger partial charge is 0.339 e. The number of nitrogens with zero attached hydrogens (tertiary/aromatic N) is 1. The standard InChI is InChI=1S/C20H15BrF3N.C2H6/c1-3-25-12(2)16(22)11-15(13-7-5-4-6-8-13)20(25)19-17(23)9-14(21)10-18(19)24;1-2/h4-11H,2-3H2,1H3;1-2H3. The maximum atomic E-state index is 14.6. The molecule has 0 radical (unpaired) electrons. The third-order valence-corrected chi connectivity index (χ3v) is 4.50. The molecule has 1 aliphatic heterocycles. The van der Waals surface area contributed by atoms with E-state index in [-0.39, 0.29) is 17.0 Å². The van der Waals surface area contributed by atoms with Crippen LogP contribution in [0.25, 0.3) is 11.3 Å². The summed E-state index contributed by atoms with van der Waals surface area (Å²) in [4.78, 5) is 1.49. The van der Waals surface area contributed by atoms with E-state index < -0.39 is 17.5 Å². The lowest BCUT2D eigenvalue weighted by atomic mass is 9.94. The van der Waals surface area contributed by atoms with Crippen molar-refractivity contribution in [3.8, 4) is 0 Å². The smallest absolute Gasteiger partial charge is 0.146 e. The molecule has 0 aromatic heterocycles. The molecule has 2 aromatic carbocycles. The molecule has 0 spiro atoms. The van der Waals surface area contributed by atoms with Crippen molar-refractivity contribution in [3.05, 3.63) is 93.9 Å². The minimum absolute atomic E-state index is 0.0823. The molecular formula is C22H21BrF3N. The Morgan fingerprint density at radius 3 is 2.07 bits per heavy atom. The van der Waals surface area contributed by atoms with Gasteiger partial charge >= 0.3 is 0 Å². The van der Waals surface area contributed by atoms with E-state index in [4.69, 9.17) is 0 Å². The van der Waals surface area contributed by atoms with Crippen LogP contribution in [0.3, 0.4) is 0 Å². The summed E-state index contributed by atoms with van der Waals surface area (Å²) in [6.07, 6.45) is 1.28. The van der Waals surface area contributed by atoms with Crippen molar-refractivity contribution in [3.63, 3.8) is 0 Å². The van der Waals surface area contributed by atoms with Crippen molar-refractivity contribution < 1.29 is 13.2 Å². The predicted octanol–water partition coefficient (Wildman–Crippen LogP) is 7.32. The van der Waals surface area contributed by atoms with Crippen LogP contribution in [0, 0.1) is 11.6 Å². The van der Waals surface area contributed by atoms with E-state index in [9.17, 15) is 13.2 Å². The van der Waals surface area contributed by atoms with Crippen LogP contribution in [0.5, 0.6) is 0 Å². The highest BCUT2D eigenvalue weighted by molar-refractivity contribution is 9.10. The average Bonchev–Trinajstić information content (AvgIpc) is 2.66. The van der Waals surface area contributed by atoms with Crippen LogP contribution in [0.1, 0.15) is 31.9 Å². The van der Waals surface area contributed by atoms with Crippen molar-refractivity contribution in [2.75, 3.05) is 6.54 Å². The molecule has 0 bridgehead atoms. The van der Waals surface area contributed by atoms with Crippen LogP contribution >= 0.6 is 15.9 Å². The Bertz CT molecular complexity index is 878. The molecule has 0 unspecified atom stereocenters. The maximum Gasteiger partial charge on any atom is 0.146 e. The van der Waals surface area contributed by atoms with Crippen LogP contribution < -0.4 is 0 Å². The molecule has 0 atom stereocenters. The quantitative estimate of drug-likeness (QED) is 0.487. The molecule has 0 saturated heterocycles. The minimum Gasteiger partial charge on any atom is -0.339 e. The summed E-state index contributed by atoms with van der Waals surface area (Å²) < 4.78 is 44.0. The van der Waals surface area contributed by atoms with Crippen molar-refractivity contribution in [1.82, 2.24) is 4.90 Å². The summed E-state index contributed by atoms with van der Waals surface area (Å²) in [7, 11) is 0. The van der Waals surface area contributed by atoms with Gasteiger partial charge in [0.1, 0.15) is 17.5 Å². The van der Waals surface area contributed by atoms with Crippen LogP contribution in [-0.2, 0) is 0 Å². The third kappa shape index (κ3) is 4.19. The Kier molecular flexibility index (Phi) is 7.08. The zero-order chi connectivity index (χ0) is 20.1. The van der Waals surface area contributed by atoms with E-state index in [2.05, 4.69) is 22.5 Å². The summed E-state index contributed by atoms with van der Waals surface area (Å²) in [5, 5.41) is 0. The summed E-state index contributed by atoms with van der Waals surface area (Å²) in [5.74, 6) is -1.98. The fraction of sp³-hybridized carbons (Fsp3) is 0.182. The zero-order valence-corrected chi connectivity index (χ0v) is 17.1. The second-order valence-corrected chi connectivity index (χ2v) is 6.47. The van der Waals surface area contributed by atoms with E-state index in [1.54, 1.807) is 31.2 Å². The lowest BCUT2D eigenvalue weighted by molar-refractivity contribution is 0.469. The third-order valence-electron chi connectivity index (χ3n) is 4.04. The van der Waals surface area contributed by atoms with Gasteiger partial charge in [-0.15, -0.1) is 0 Å². The number of rotatable bonds is 3. The first-order chi connectivity index (χ1) is 12.9. The van der Waals surface area contributed by atoms with Crippen molar-refractivity contribution in [2.24, 2.45) is 0 Å². The van der Waals surface area contributed by atoms with E-state index in [1.165, 1.54) is 23.1 Å². The first kappa shape index (κ1) is 21.0. The monoisotopic (exact) mass is 435 g/mol. The van der Waals surface area contributed by atoms with Crippen molar-refractivity contribution in [1.29, 1.82) is 0 Å². The van der Waals surface area contributed by atoms with E-state index in [0.717, 1.165) is 0 Å². The average molecular weight is 436 g/mol. The molecule has 1 heterocycles. The molecule has 27 heavy (non-hydrogen) atoms. The summed E-state index contributed by atoms with van der Waals surface area (Å²) in [6, 6.07) is 11.3. The van der Waals surface area contributed by atoms with Crippen LogP contribution in [-0.4, -0.2) is 11.4 Å². The Hall–Kier alpha value is -2.27. The van der Waals surface area contributed by atoms with Crippen LogP contribution in [0.15, 0.2) is 71.1 Å². The fourth-order valence-corrected chi connectivity index (χ4v) is 3.31. The Labute approximate surface area is 166 Å². The predicted molar refractivity (Wildman–Crippen MR) is 109 cm³/mol. The molecule has 3 rings (SSSR count). The van der Waals surface area contributed by atoms with Gasteiger partial charge in [-0.25, -0.2) is 13.2 Å². The lowest BCUT2D eigenvalue weighted by Crippen LogP contribution is -2.26. The second kappa shape index (κ2) is 9.09. The molecule has 0 N–H and O–H groups in total. The molecule has 0 saturated carbocycles. The molecule has 0 fully saturated rings. The molecule has 1 nitrogen and oxygen atoms in total. The van der Waals surface area contributed by atoms with Gasteiger partial charge in [0.15, 0.2) is 0 Å². The number of hydrogen-bond acceptors (Lipinski definition) is 1. The second-order valence-electron chi connectivity index (χ2n) is 5.56. The SMILES string of the molecule is C=C1C(F)=CC(c2ccccc2)=C(c2c(F)cc(Br)cc2F)N1CC.CC. The minimum atomic E-state index is -0.725. The highest BCUT2D eigenvalue weighted by Crippen LogP contribution is 2.41. The fourth-order valence-electron chi connectivity index (χ4n) is 2.91. The van der Waals surface area contributed by atoms with E-state index in [0.29, 0.717) is 22.2 Å². The first-order valence-electron chi connectivity index (χ1n) is 8.72. The molecule has 142 valence electrons. The normalized spacial score (nSPS) is 14.0. The zero-order valence-electron chi connectivity index (χ0n) is 15.5. The van der Waals surface area contributed by atoms with Gasteiger partial charge in [0, 0.05) is 16.6 Å². The van der Waals surface area contributed by atoms with Crippen molar-refractivity contribution in [2.45, 2.75) is 20.8 Å². The molecule has 2 aromatic rings. The molecule has 0 aliphatic carbocycles. The lowest BCUT2D eigenvalue weighted by Gasteiger charge is -2.33. The molecular weight excluding hydrogens is 415 g/mol. The molecule has 5 heteroatoms. The number of hydrogen-bond donors (Lipinski definition) is 0. The van der Waals surface area contributed by atoms with Crippen LogP contribution in [0.4, 0.5) is 13.2 Å². The maximum absolute atomic E-state index is 14.6. The van der Waals surface area contributed by atoms with Gasteiger partial charge in [0.2, 0.25) is 0 Å². The van der Waals surface area contributed by atoms with Gasteiger partial charge in [0.05, 0.1) is 17.0 Å². The van der Waals surface area contributed by atoms with Crippen LogP contribution in [0.2, 0.25) is 0 Å². The number of allylic oxidation sites excluding steroid dienone is 3. The summed E-state index contributed by atoms with van der Waals surface area (Å²) in [6.45, 7) is 9.82. The first-order valence-corrected chi connectivity index (χ1v) is 9.52. The highest BCUT2D eigenvalue weighted by Gasteiger charge is 2.29. The van der Waals surface area contributed by atoms with E-state index >= 15 is 0 Å². The number of halogens is 4. The Morgan fingerprint density at radius 1 is 1.00 bits per heavy atom. The highest BCUT2D eigenvalue weighted by atomic mass is 79.9. The Balaban J connectivity index is 0.00000126. The summed E-state index contributed by atoms with van der Waals surface area (Å²) >= 11 is 3.09. The van der Waals surface area contributed by atoms with Gasteiger partial charge in [-0.1, -0.05) is 66.7 Å². The van der Waals surface area contributed by atoms with Gasteiger partial charge in [-0.3, -0.25) is 0 Å². The van der Waals surface area contributed by atoms with E-state index in [1.807, 2.05) is 19.9 Å². The molecule has 1 aliphatic rings.